The molecule has 0 heterocycles. The quantitative estimate of drug-likeness (QED) is 0.183. The molecule has 1 amide bonds. The van der Waals surface area contributed by atoms with Crippen molar-refractivity contribution in [3.63, 3.8) is 0 Å². The van der Waals surface area contributed by atoms with E-state index in [4.69, 9.17) is 13.6 Å². The Hall–Kier alpha value is -0.996. The molecule has 0 radical (unpaired) electrons. The first kappa shape index (κ1) is 36.8. The van der Waals surface area contributed by atoms with E-state index in [2.05, 4.69) is 107 Å². The normalized spacial score (nSPS) is 32.9. The Kier molecular flexibility index (Phi) is 10.2. The van der Waals surface area contributed by atoms with E-state index in [1.807, 2.05) is 14.1 Å². The molecule has 0 saturated heterocycles. The van der Waals surface area contributed by atoms with Gasteiger partial charge in [0.05, 0.1) is 31.3 Å². The van der Waals surface area contributed by atoms with Crippen LogP contribution in [0.15, 0.2) is 34.9 Å². The highest BCUT2D eigenvalue weighted by Gasteiger charge is 2.59. The Morgan fingerprint density at radius 1 is 0.978 bits per heavy atom. The lowest BCUT2D eigenvalue weighted by Gasteiger charge is -2.59. The molecule has 3 unspecified atom stereocenters. The summed E-state index contributed by atoms with van der Waals surface area (Å²) in [7, 11) is -0.347. The maximum Gasteiger partial charge on any atom is 0.224 e. The number of carbonyl (C=O) groups is 1. The number of nitrogens with zero attached hydrogens (tertiary/aromatic N) is 1. The minimum absolute atomic E-state index is 0.0222. The van der Waals surface area contributed by atoms with Crippen molar-refractivity contribution < 1.29 is 18.4 Å². The van der Waals surface area contributed by atoms with E-state index in [1.165, 1.54) is 12.0 Å². The zero-order chi connectivity index (χ0) is 34.0. The zero-order valence-corrected chi connectivity index (χ0v) is 33.6. The molecule has 2 fully saturated rings. The number of fused-ring (bicyclic) bond motifs is 5. The Morgan fingerprint density at radius 3 is 2.16 bits per heavy atom. The van der Waals surface area contributed by atoms with Crippen LogP contribution in [0, 0.1) is 22.7 Å². The molecule has 2 saturated carbocycles. The lowest BCUT2D eigenvalue weighted by Crippen LogP contribution is -2.58. The van der Waals surface area contributed by atoms with Crippen LogP contribution in [0.5, 0.6) is 0 Å². The second-order valence-corrected chi connectivity index (χ2v) is 28.0. The van der Waals surface area contributed by atoms with Crippen molar-refractivity contribution in [3.05, 3.63) is 34.9 Å². The van der Waals surface area contributed by atoms with Gasteiger partial charge in [0, 0.05) is 19.5 Å². The van der Waals surface area contributed by atoms with Gasteiger partial charge in [0.2, 0.25) is 5.91 Å². The van der Waals surface area contributed by atoms with E-state index < -0.39 is 16.6 Å². The summed E-state index contributed by atoms with van der Waals surface area (Å²) in [5, 5.41) is 0.331. The fourth-order valence-electron chi connectivity index (χ4n) is 8.28. The third-order valence-corrected chi connectivity index (χ3v) is 22.4. The molecule has 0 aromatic heterocycles. The van der Waals surface area contributed by atoms with E-state index >= 15 is 0 Å². The number of rotatable bonds is 9. The van der Waals surface area contributed by atoms with Gasteiger partial charge in [-0.05, 0) is 98.1 Å². The molecule has 0 aromatic rings. The van der Waals surface area contributed by atoms with Gasteiger partial charge in [-0.1, -0.05) is 84.8 Å². The maximum absolute atomic E-state index is 12.1. The topological polar surface area (TPSA) is 48.0 Å². The summed E-state index contributed by atoms with van der Waals surface area (Å²) < 4.78 is 21.0. The average Bonchev–Trinajstić information content (AvgIpc) is 3.25. The summed E-state index contributed by atoms with van der Waals surface area (Å²) >= 11 is 0. The van der Waals surface area contributed by atoms with Crippen LogP contribution >= 0.6 is 0 Å². The van der Waals surface area contributed by atoms with Gasteiger partial charge in [-0.2, -0.15) is 0 Å². The van der Waals surface area contributed by atoms with Crippen LogP contribution in [0.3, 0.4) is 0 Å². The number of allylic oxidation sites excluding steroid dienone is 4. The smallest absolute Gasteiger partial charge is 0.224 e. The van der Waals surface area contributed by atoms with Crippen LogP contribution in [0.1, 0.15) is 101 Å². The number of carbonyl (C=O) groups excluding carboxylic acids is 1. The molecule has 4 rings (SSSR count). The number of hydrogen-bond donors (Lipinski definition) is 0. The van der Waals surface area contributed by atoms with Crippen molar-refractivity contribution in [2.75, 3.05) is 20.7 Å². The van der Waals surface area contributed by atoms with E-state index in [9.17, 15) is 4.79 Å². The highest BCUT2D eigenvalue weighted by atomic mass is 28.4. The summed E-state index contributed by atoms with van der Waals surface area (Å²) in [6, 6.07) is 0. The number of hydrogen-bond acceptors (Lipinski definition) is 4. The van der Waals surface area contributed by atoms with Gasteiger partial charge in [0.1, 0.15) is 0 Å². The highest BCUT2D eigenvalue weighted by Crippen LogP contribution is 2.65. The van der Waals surface area contributed by atoms with Gasteiger partial charge in [-0.3, -0.25) is 4.79 Å². The molecule has 256 valence electrons. The van der Waals surface area contributed by atoms with Crippen molar-refractivity contribution in [1.29, 1.82) is 0 Å². The van der Waals surface area contributed by atoms with Gasteiger partial charge >= 0.3 is 0 Å². The molecular formula is C38H67NO4Si2. The predicted octanol–water partition coefficient (Wildman–Crippen LogP) is 9.68. The first-order valence-corrected chi connectivity index (χ1v) is 23.6. The molecule has 5 nitrogen and oxygen atoms in total. The SMILES string of the molecule is CC(OCCC(=O)N(C)C)C1=CC[C@H]2C3=CC=C4CC(O[Si](C)(C)C(C)(C)C)CC(O[Si](C)(C)C(C)(C)C)[C@]4(C)[C@H]3CC[C@]12C. The fraction of sp³-hybridized carbons (Fsp3) is 0.816. The first-order valence-electron chi connectivity index (χ1n) is 17.7. The van der Waals surface area contributed by atoms with Crippen molar-refractivity contribution in [3.8, 4) is 0 Å². The van der Waals surface area contributed by atoms with Crippen LogP contribution < -0.4 is 0 Å². The van der Waals surface area contributed by atoms with Crippen molar-refractivity contribution in [2.24, 2.45) is 22.7 Å². The molecule has 7 heteroatoms. The van der Waals surface area contributed by atoms with Gasteiger partial charge in [0.15, 0.2) is 16.6 Å². The van der Waals surface area contributed by atoms with Crippen LogP contribution in [0.25, 0.3) is 0 Å². The molecule has 0 aliphatic heterocycles. The second-order valence-electron chi connectivity index (χ2n) is 18.5. The van der Waals surface area contributed by atoms with E-state index in [1.54, 1.807) is 16.0 Å². The number of ether oxygens (including phenoxy) is 1. The molecule has 4 aliphatic carbocycles. The maximum atomic E-state index is 12.1. The van der Waals surface area contributed by atoms with Gasteiger partial charge in [-0.25, -0.2) is 0 Å². The van der Waals surface area contributed by atoms with Crippen molar-refractivity contribution in [2.45, 2.75) is 155 Å². The summed E-state index contributed by atoms with van der Waals surface area (Å²) in [5.41, 5.74) is 4.68. The standard InChI is InChI=1S/C38H67NO4Si2/c1-26(41-23-21-34(40)39(10)11)30-18-19-31-29-17-16-27-24-28(42-44(12,13)35(2,3)4)25-33(43-45(14,15)36(5,6)7)38(27,9)32(29)20-22-37(30,31)8/h16-18,26,28,31-33H,19-25H2,1-15H3/t26?,28?,31-,32-,33?,37+,38-/m0/s1. The Balaban J connectivity index is 1.63. The molecule has 0 N–H and O–H groups in total. The lowest BCUT2D eigenvalue weighted by molar-refractivity contribution is -0.130. The molecule has 4 aliphatic rings. The van der Waals surface area contributed by atoms with Crippen molar-refractivity contribution >= 4 is 22.5 Å². The first-order chi connectivity index (χ1) is 20.5. The molecule has 0 spiro atoms. The van der Waals surface area contributed by atoms with Gasteiger partial charge < -0.3 is 18.5 Å². The highest BCUT2D eigenvalue weighted by molar-refractivity contribution is 6.74. The lowest BCUT2D eigenvalue weighted by atomic mass is 9.49. The fourth-order valence-corrected chi connectivity index (χ4v) is 11.1. The third-order valence-electron chi connectivity index (χ3n) is 13.4. The average molecular weight is 658 g/mol. The van der Waals surface area contributed by atoms with Crippen LogP contribution in [0.2, 0.25) is 36.3 Å². The zero-order valence-electron chi connectivity index (χ0n) is 31.6. The monoisotopic (exact) mass is 657 g/mol. The van der Waals surface area contributed by atoms with E-state index in [0.29, 0.717) is 24.9 Å². The molecule has 7 atom stereocenters. The summed E-state index contributed by atoms with van der Waals surface area (Å²) in [4.78, 5) is 13.8. The van der Waals surface area contributed by atoms with E-state index in [-0.39, 0.29) is 45.1 Å². The second kappa shape index (κ2) is 12.5. The minimum Gasteiger partial charge on any atom is -0.414 e. The summed E-state index contributed by atoms with van der Waals surface area (Å²) in [6.45, 7) is 31.5. The molecular weight excluding hydrogens is 591 g/mol. The van der Waals surface area contributed by atoms with Crippen LogP contribution in [-0.2, 0) is 18.4 Å². The summed E-state index contributed by atoms with van der Waals surface area (Å²) in [6.07, 6.45) is 13.7. The van der Waals surface area contributed by atoms with Crippen molar-refractivity contribution in [1.82, 2.24) is 4.90 Å². The van der Waals surface area contributed by atoms with Gasteiger partial charge in [0.25, 0.3) is 0 Å². The number of amides is 1. The Bertz CT molecular complexity index is 1220. The minimum atomic E-state index is -2.04. The third kappa shape index (κ3) is 6.81. The Labute approximate surface area is 278 Å². The summed E-state index contributed by atoms with van der Waals surface area (Å²) in [5.74, 6) is 1.10. The van der Waals surface area contributed by atoms with Crippen LogP contribution in [0.4, 0.5) is 0 Å². The van der Waals surface area contributed by atoms with Crippen LogP contribution in [-0.4, -0.2) is 66.5 Å². The van der Waals surface area contributed by atoms with Gasteiger partial charge in [-0.15, -0.1) is 0 Å². The Morgan fingerprint density at radius 2 is 1.58 bits per heavy atom. The predicted molar refractivity (Wildman–Crippen MR) is 193 cm³/mol. The molecule has 45 heavy (non-hydrogen) atoms. The molecule has 0 aromatic carbocycles. The molecule has 0 bridgehead atoms. The van der Waals surface area contributed by atoms with E-state index in [0.717, 1.165) is 25.7 Å². The largest absolute Gasteiger partial charge is 0.414 e.